The predicted molar refractivity (Wildman–Crippen MR) is 142 cm³/mol. The maximum Gasteiger partial charge on any atom is 0.343 e. The number of aromatic nitrogens is 2. The minimum Gasteiger partial charge on any atom is -0.458 e. The molecule has 3 aromatic rings. The molecule has 7 nitrogen and oxygen atoms in total. The van der Waals surface area contributed by atoms with Crippen LogP contribution in [0.15, 0.2) is 21.9 Å². The molecular weight excluding hydrogens is 493 g/mol. The van der Waals surface area contributed by atoms with Crippen LogP contribution < -0.4 is 5.56 Å². The number of aryl methyl sites for hydroxylation is 1. The van der Waals surface area contributed by atoms with Crippen molar-refractivity contribution in [1.29, 1.82) is 0 Å². The number of carbonyl (C=O) groups is 1. The summed E-state index contributed by atoms with van der Waals surface area (Å²) in [6.45, 7) is 4.36. The second-order valence-corrected chi connectivity index (χ2v) is 11.0. The van der Waals surface area contributed by atoms with Crippen LogP contribution in [0, 0.1) is 12.7 Å². The van der Waals surface area contributed by atoms with E-state index in [1.165, 1.54) is 6.07 Å². The minimum atomic E-state index is -1.89. The Morgan fingerprint density at radius 3 is 2.89 bits per heavy atom. The molecule has 0 spiro atoms. The summed E-state index contributed by atoms with van der Waals surface area (Å²) in [6.07, 6.45) is 5.66. The second-order valence-electron chi connectivity index (χ2n) is 10.0. The number of benzene rings is 1. The third-order valence-electron chi connectivity index (χ3n) is 8.13. The molecule has 4 heterocycles. The van der Waals surface area contributed by atoms with Gasteiger partial charge in [-0.3, -0.25) is 9.79 Å². The number of thioether (sulfide) groups is 1. The lowest BCUT2D eigenvalue weighted by atomic mass is 9.78. The maximum atomic E-state index is 15.0. The Morgan fingerprint density at radius 1 is 1.32 bits per heavy atom. The smallest absolute Gasteiger partial charge is 0.343 e. The van der Waals surface area contributed by atoms with Gasteiger partial charge in [0.2, 0.25) is 0 Å². The van der Waals surface area contributed by atoms with Gasteiger partial charge in [-0.05, 0) is 55.2 Å². The van der Waals surface area contributed by atoms with Crippen LogP contribution >= 0.6 is 11.8 Å². The number of carbonyl (C=O) groups excluding carboxylic acids is 1. The van der Waals surface area contributed by atoms with Crippen molar-refractivity contribution in [1.82, 2.24) is 9.55 Å². The van der Waals surface area contributed by atoms with Crippen LogP contribution in [0.2, 0.25) is 0 Å². The number of aliphatic imine (C=N–C) groups is 1. The van der Waals surface area contributed by atoms with Gasteiger partial charge in [-0.2, -0.15) is 11.8 Å². The molecule has 0 radical (unpaired) electrons. The van der Waals surface area contributed by atoms with E-state index in [0.29, 0.717) is 29.0 Å². The molecular formula is C28H28FN3O4S. The number of aliphatic hydroxyl groups is 1. The molecule has 1 aromatic carbocycles. The first-order valence-electron chi connectivity index (χ1n) is 12.6. The minimum absolute atomic E-state index is 0.0237. The molecule has 6 rings (SSSR count). The van der Waals surface area contributed by atoms with Crippen LogP contribution in [0.25, 0.3) is 22.3 Å². The van der Waals surface area contributed by atoms with Crippen molar-refractivity contribution >= 4 is 34.8 Å². The van der Waals surface area contributed by atoms with Gasteiger partial charge < -0.3 is 14.4 Å². The molecule has 1 unspecified atom stereocenters. The van der Waals surface area contributed by atoms with Gasteiger partial charge in [0.15, 0.2) is 5.60 Å². The Bertz CT molecular complexity index is 1580. The van der Waals surface area contributed by atoms with Crippen LogP contribution in [0.5, 0.6) is 0 Å². The third kappa shape index (κ3) is 3.43. The molecule has 0 saturated heterocycles. The molecule has 0 bridgehead atoms. The number of esters is 1. The van der Waals surface area contributed by atoms with E-state index in [0.717, 1.165) is 47.2 Å². The lowest BCUT2D eigenvalue weighted by molar-refractivity contribution is -0.172. The number of fused-ring (bicyclic) bond motifs is 5. The van der Waals surface area contributed by atoms with Crippen LogP contribution in [0.1, 0.15) is 59.1 Å². The first kappa shape index (κ1) is 24.3. The highest BCUT2D eigenvalue weighted by Gasteiger charge is 2.45. The topological polar surface area (TPSA) is 93.8 Å². The van der Waals surface area contributed by atoms with Gasteiger partial charge in [0, 0.05) is 47.0 Å². The van der Waals surface area contributed by atoms with Crippen LogP contribution in [-0.4, -0.2) is 45.4 Å². The summed E-state index contributed by atoms with van der Waals surface area (Å²) in [5, 5.41) is 12.1. The van der Waals surface area contributed by atoms with E-state index in [2.05, 4.69) is 11.2 Å². The predicted octanol–water partition coefficient (Wildman–Crippen LogP) is 3.99. The number of cyclic esters (lactones) is 1. The molecule has 2 atom stereocenters. The number of rotatable bonds is 5. The normalized spacial score (nSPS) is 21.8. The van der Waals surface area contributed by atoms with E-state index in [-0.39, 0.29) is 41.4 Å². The number of nitrogens with zero attached hydrogens (tertiary/aromatic N) is 3. The lowest BCUT2D eigenvalue weighted by Crippen LogP contribution is -2.44. The molecule has 2 aromatic heterocycles. The van der Waals surface area contributed by atoms with Crippen LogP contribution in [-0.2, 0) is 34.7 Å². The van der Waals surface area contributed by atoms with Crippen molar-refractivity contribution in [2.45, 2.75) is 57.8 Å². The van der Waals surface area contributed by atoms with E-state index < -0.39 is 11.6 Å². The van der Waals surface area contributed by atoms with Crippen molar-refractivity contribution in [3.8, 4) is 11.4 Å². The SMILES string of the molecule is CC[C@@]1(O)C(=O)OCc2c1cc1n(c2=O)Cc2c-1nc1cc(F)c(C)c3c1c2C(C=NCCSC)CC3. The first-order valence-corrected chi connectivity index (χ1v) is 14.0. The summed E-state index contributed by atoms with van der Waals surface area (Å²) in [7, 11) is 0. The highest BCUT2D eigenvalue weighted by Crippen LogP contribution is 2.46. The summed E-state index contributed by atoms with van der Waals surface area (Å²) in [5.74, 6) is -0.0931. The van der Waals surface area contributed by atoms with Crippen LogP contribution in [0.3, 0.4) is 0 Å². The van der Waals surface area contributed by atoms with Gasteiger partial charge in [0.1, 0.15) is 12.4 Å². The van der Waals surface area contributed by atoms with Gasteiger partial charge in [-0.25, -0.2) is 14.2 Å². The second kappa shape index (κ2) is 8.77. The first-order chi connectivity index (χ1) is 17.8. The van der Waals surface area contributed by atoms with Gasteiger partial charge >= 0.3 is 5.97 Å². The van der Waals surface area contributed by atoms with Crippen molar-refractivity contribution in [3.63, 3.8) is 0 Å². The van der Waals surface area contributed by atoms with E-state index >= 15 is 0 Å². The average Bonchev–Trinajstić information content (AvgIpc) is 3.26. The van der Waals surface area contributed by atoms with Gasteiger partial charge in [0.25, 0.3) is 5.56 Å². The third-order valence-corrected chi connectivity index (χ3v) is 8.72. The molecule has 0 amide bonds. The zero-order chi connectivity index (χ0) is 26.1. The van der Waals surface area contributed by atoms with Gasteiger partial charge in [-0.1, -0.05) is 6.92 Å². The molecule has 37 heavy (non-hydrogen) atoms. The zero-order valence-corrected chi connectivity index (χ0v) is 21.9. The lowest BCUT2D eigenvalue weighted by Gasteiger charge is -2.31. The fourth-order valence-corrected chi connectivity index (χ4v) is 6.37. The fraction of sp³-hybridized carbons (Fsp3) is 0.429. The Morgan fingerprint density at radius 2 is 2.14 bits per heavy atom. The van der Waals surface area contributed by atoms with Gasteiger partial charge in [0.05, 0.1) is 29.0 Å². The number of hydrogen-bond acceptors (Lipinski definition) is 7. The van der Waals surface area contributed by atoms with Gasteiger partial charge in [-0.15, -0.1) is 0 Å². The number of ether oxygens (including phenoxy) is 1. The van der Waals surface area contributed by atoms with Crippen molar-refractivity contribution in [3.05, 3.63) is 61.7 Å². The quantitative estimate of drug-likeness (QED) is 0.243. The van der Waals surface area contributed by atoms with E-state index in [1.54, 1.807) is 29.3 Å². The van der Waals surface area contributed by atoms with E-state index in [9.17, 15) is 19.1 Å². The summed E-state index contributed by atoms with van der Waals surface area (Å²) in [4.78, 5) is 35.7. The Kier molecular flexibility index (Phi) is 5.76. The molecule has 9 heteroatoms. The maximum absolute atomic E-state index is 15.0. The van der Waals surface area contributed by atoms with Crippen molar-refractivity contribution in [2.24, 2.45) is 4.99 Å². The Balaban J connectivity index is 1.62. The zero-order valence-electron chi connectivity index (χ0n) is 21.1. The molecule has 192 valence electrons. The van der Waals surface area contributed by atoms with Crippen molar-refractivity contribution < 1.29 is 19.0 Å². The molecule has 1 aliphatic carbocycles. The van der Waals surface area contributed by atoms with E-state index in [4.69, 9.17) is 9.72 Å². The fourth-order valence-electron chi connectivity index (χ4n) is 6.09. The summed E-state index contributed by atoms with van der Waals surface area (Å²) < 4.78 is 21.8. The highest BCUT2D eigenvalue weighted by atomic mass is 32.2. The highest BCUT2D eigenvalue weighted by molar-refractivity contribution is 7.98. The largest absolute Gasteiger partial charge is 0.458 e. The molecule has 2 aliphatic heterocycles. The number of hydrogen-bond donors (Lipinski definition) is 1. The Labute approximate surface area is 217 Å². The van der Waals surface area contributed by atoms with Crippen molar-refractivity contribution in [2.75, 3.05) is 18.6 Å². The van der Waals surface area contributed by atoms with Crippen LogP contribution in [0.4, 0.5) is 4.39 Å². The average molecular weight is 522 g/mol. The summed E-state index contributed by atoms with van der Waals surface area (Å²) in [6, 6.07) is 3.18. The summed E-state index contributed by atoms with van der Waals surface area (Å²) in [5.41, 5.74) is 3.64. The molecule has 1 N–H and O–H groups in total. The van der Waals surface area contributed by atoms with E-state index in [1.807, 2.05) is 13.1 Å². The number of halogens is 1. The molecule has 0 saturated carbocycles. The standard InChI is InChI=1S/C28H28FN3O4S/c1-4-28(35)19-9-22-25-17(12-32(22)26(33)18(19)13-36-27(28)34)23-15(11-30-7-8-37-3)5-6-16-14(2)20(29)10-21(31-25)24(16)23/h9-11,15,35H,4-8,12-13H2,1-3H3/t15?,28-/m0/s1. The molecule has 0 fully saturated rings. The number of pyridine rings is 2. The Hall–Kier alpha value is -3.04. The molecule has 3 aliphatic rings. The summed E-state index contributed by atoms with van der Waals surface area (Å²) >= 11 is 1.74. The monoisotopic (exact) mass is 521 g/mol.